The molecule has 0 fully saturated rings. The molecule has 2 rings (SSSR count). The van der Waals surface area contributed by atoms with Gasteiger partial charge >= 0.3 is 0 Å². The second-order valence-corrected chi connectivity index (χ2v) is 6.10. The average Bonchev–Trinajstić information content (AvgIpc) is 2.39. The molecule has 0 unspecified atom stereocenters. The van der Waals surface area contributed by atoms with Crippen molar-refractivity contribution in [3.63, 3.8) is 0 Å². The number of phenols is 1. The topological polar surface area (TPSA) is 23.2 Å². The zero-order valence-electron chi connectivity index (χ0n) is 12.6. The SMILES string of the molecule is C[N+](=Cc1ccccc1)c1cc(C(C)(C)C)ccc1O. The van der Waals surface area contributed by atoms with Crippen LogP contribution in [0.15, 0.2) is 48.5 Å². The van der Waals surface area contributed by atoms with E-state index in [9.17, 15) is 5.11 Å². The molecule has 1 N–H and O–H groups in total. The van der Waals surface area contributed by atoms with Crippen molar-refractivity contribution in [2.45, 2.75) is 26.2 Å². The standard InChI is InChI=1S/C18H21NO/c1-18(2,3)15-10-11-17(20)16(12-15)19(4)13-14-8-6-5-7-9-14/h5-13H,1-4H3/p+1. The Morgan fingerprint density at radius 3 is 2.25 bits per heavy atom. The minimum absolute atomic E-state index is 0.0655. The van der Waals surface area contributed by atoms with Crippen LogP contribution in [0, 0.1) is 0 Å². The van der Waals surface area contributed by atoms with Crippen molar-refractivity contribution in [1.29, 1.82) is 0 Å². The van der Waals surface area contributed by atoms with E-state index in [1.807, 2.05) is 54.2 Å². The third kappa shape index (κ3) is 3.27. The summed E-state index contributed by atoms with van der Waals surface area (Å²) in [5, 5.41) is 10.1. The summed E-state index contributed by atoms with van der Waals surface area (Å²) >= 11 is 0. The van der Waals surface area contributed by atoms with Crippen molar-refractivity contribution < 1.29 is 9.68 Å². The highest BCUT2D eigenvalue weighted by Crippen LogP contribution is 2.31. The molecule has 2 aromatic carbocycles. The molecule has 2 aromatic rings. The lowest BCUT2D eigenvalue weighted by atomic mass is 9.87. The Kier molecular flexibility index (Phi) is 3.93. The molecular formula is C18H22NO+. The summed E-state index contributed by atoms with van der Waals surface area (Å²) in [6, 6.07) is 15.9. The molecule has 0 amide bonds. The van der Waals surface area contributed by atoms with Gasteiger partial charge in [-0.2, -0.15) is 4.58 Å². The quantitative estimate of drug-likeness (QED) is 0.643. The Labute approximate surface area is 121 Å². The Balaban J connectivity index is 2.44. The molecule has 0 aliphatic heterocycles. The van der Waals surface area contributed by atoms with Gasteiger partial charge in [0.05, 0.1) is 0 Å². The second kappa shape index (κ2) is 5.49. The van der Waals surface area contributed by atoms with Crippen LogP contribution < -0.4 is 0 Å². The summed E-state index contributed by atoms with van der Waals surface area (Å²) < 4.78 is 1.96. The Bertz CT molecular complexity index is 622. The van der Waals surface area contributed by atoms with Crippen LogP contribution in [0.3, 0.4) is 0 Å². The highest BCUT2D eigenvalue weighted by atomic mass is 16.3. The number of phenolic OH excluding ortho intramolecular Hbond substituents is 1. The maximum absolute atomic E-state index is 10.1. The number of nitrogens with zero attached hydrogens (tertiary/aromatic N) is 1. The molecule has 0 spiro atoms. The number of rotatable bonds is 2. The van der Waals surface area contributed by atoms with Crippen molar-refractivity contribution in [2.75, 3.05) is 7.05 Å². The summed E-state index contributed by atoms with van der Waals surface area (Å²) in [5.74, 6) is 0.299. The largest absolute Gasteiger partial charge is 0.502 e. The number of benzene rings is 2. The molecular weight excluding hydrogens is 246 g/mol. The summed E-state index contributed by atoms with van der Waals surface area (Å²) in [6.07, 6.45) is 2.02. The fourth-order valence-electron chi connectivity index (χ4n) is 2.10. The van der Waals surface area contributed by atoms with Gasteiger partial charge in [0, 0.05) is 11.6 Å². The van der Waals surface area contributed by atoms with Gasteiger partial charge in [0.15, 0.2) is 12.0 Å². The lowest BCUT2D eigenvalue weighted by Gasteiger charge is -2.19. The van der Waals surface area contributed by atoms with Gasteiger partial charge in [-0.15, -0.1) is 0 Å². The first kappa shape index (κ1) is 14.3. The molecule has 20 heavy (non-hydrogen) atoms. The second-order valence-electron chi connectivity index (χ2n) is 6.10. The van der Waals surface area contributed by atoms with Gasteiger partial charge in [0.1, 0.15) is 7.05 Å². The Morgan fingerprint density at radius 2 is 1.65 bits per heavy atom. The fourth-order valence-corrected chi connectivity index (χ4v) is 2.10. The smallest absolute Gasteiger partial charge is 0.247 e. The molecule has 0 saturated heterocycles. The number of hydrogen-bond acceptors (Lipinski definition) is 1. The van der Waals surface area contributed by atoms with Crippen LogP contribution in [0.1, 0.15) is 31.9 Å². The van der Waals surface area contributed by atoms with Gasteiger partial charge in [0.2, 0.25) is 5.69 Å². The molecule has 0 atom stereocenters. The molecule has 0 aromatic heterocycles. The molecule has 0 aliphatic carbocycles. The van der Waals surface area contributed by atoms with Crippen LogP contribution in [0.25, 0.3) is 0 Å². The normalized spacial score (nSPS) is 12.5. The monoisotopic (exact) mass is 268 g/mol. The lowest BCUT2D eigenvalue weighted by molar-refractivity contribution is -0.400. The van der Waals surface area contributed by atoms with Crippen molar-refractivity contribution >= 4 is 11.9 Å². The van der Waals surface area contributed by atoms with Crippen molar-refractivity contribution in [3.05, 3.63) is 59.7 Å². The molecule has 104 valence electrons. The number of hydrogen-bond donors (Lipinski definition) is 1. The van der Waals surface area contributed by atoms with Crippen LogP contribution in [0.4, 0.5) is 5.69 Å². The average molecular weight is 268 g/mol. The van der Waals surface area contributed by atoms with E-state index >= 15 is 0 Å². The summed E-state index contributed by atoms with van der Waals surface area (Å²) in [4.78, 5) is 0. The minimum atomic E-state index is 0.0655. The molecule has 0 saturated carbocycles. The maximum Gasteiger partial charge on any atom is 0.247 e. The third-order valence-electron chi connectivity index (χ3n) is 3.36. The molecule has 0 heterocycles. The molecule has 0 aliphatic rings. The predicted octanol–water partition coefficient (Wildman–Crippen LogP) is 4.08. The predicted molar refractivity (Wildman–Crippen MR) is 84.3 cm³/mol. The van der Waals surface area contributed by atoms with Gasteiger partial charge < -0.3 is 5.11 Å². The van der Waals surface area contributed by atoms with E-state index in [1.54, 1.807) is 6.07 Å². The third-order valence-corrected chi connectivity index (χ3v) is 3.36. The minimum Gasteiger partial charge on any atom is -0.502 e. The van der Waals surface area contributed by atoms with Crippen LogP contribution in [0.5, 0.6) is 5.75 Å². The van der Waals surface area contributed by atoms with E-state index in [0.717, 1.165) is 11.3 Å². The van der Waals surface area contributed by atoms with Gasteiger partial charge in [0.25, 0.3) is 0 Å². The van der Waals surface area contributed by atoms with Crippen LogP contribution in [-0.2, 0) is 5.41 Å². The highest BCUT2D eigenvalue weighted by molar-refractivity contribution is 5.76. The van der Waals surface area contributed by atoms with E-state index in [0.29, 0.717) is 5.75 Å². The molecule has 2 nitrogen and oxygen atoms in total. The fraction of sp³-hybridized carbons (Fsp3) is 0.278. The van der Waals surface area contributed by atoms with Gasteiger partial charge in [-0.1, -0.05) is 45.0 Å². The van der Waals surface area contributed by atoms with Crippen LogP contribution in [0.2, 0.25) is 0 Å². The molecule has 2 heteroatoms. The molecule has 0 bridgehead atoms. The first-order valence-electron chi connectivity index (χ1n) is 6.84. The van der Waals surface area contributed by atoms with E-state index in [-0.39, 0.29) is 5.41 Å². The van der Waals surface area contributed by atoms with E-state index in [2.05, 4.69) is 26.8 Å². The Hall–Kier alpha value is -2.09. The van der Waals surface area contributed by atoms with Crippen LogP contribution >= 0.6 is 0 Å². The highest BCUT2D eigenvalue weighted by Gasteiger charge is 2.19. The first-order valence-corrected chi connectivity index (χ1v) is 6.84. The number of aromatic hydroxyl groups is 1. The van der Waals surface area contributed by atoms with Crippen molar-refractivity contribution in [3.8, 4) is 5.75 Å². The zero-order valence-corrected chi connectivity index (χ0v) is 12.6. The van der Waals surface area contributed by atoms with Crippen LogP contribution in [-0.4, -0.2) is 22.9 Å². The van der Waals surface area contributed by atoms with Gasteiger partial charge in [-0.3, -0.25) is 0 Å². The zero-order chi connectivity index (χ0) is 14.8. The summed E-state index contributed by atoms with van der Waals surface area (Å²) in [7, 11) is 1.95. The first-order chi connectivity index (χ1) is 9.38. The lowest BCUT2D eigenvalue weighted by Crippen LogP contribution is -2.11. The van der Waals surface area contributed by atoms with E-state index in [4.69, 9.17) is 0 Å². The van der Waals surface area contributed by atoms with Gasteiger partial charge in [-0.25, -0.2) is 0 Å². The van der Waals surface area contributed by atoms with Crippen molar-refractivity contribution in [2.24, 2.45) is 0 Å². The summed E-state index contributed by atoms with van der Waals surface area (Å²) in [5.41, 5.74) is 3.20. The van der Waals surface area contributed by atoms with Crippen molar-refractivity contribution in [1.82, 2.24) is 0 Å². The van der Waals surface area contributed by atoms with E-state index < -0.39 is 0 Å². The molecule has 0 radical (unpaired) electrons. The Morgan fingerprint density at radius 1 is 1.00 bits per heavy atom. The summed E-state index contributed by atoms with van der Waals surface area (Å²) in [6.45, 7) is 6.51. The van der Waals surface area contributed by atoms with E-state index in [1.165, 1.54) is 5.56 Å². The van der Waals surface area contributed by atoms with Gasteiger partial charge in [-0.05, 0) is 29.2 Å². The maximum atomic E-state index is 10.1.